The van der Waals surface area contributed by atoms with Crippen LogP contribution in [0.2, 0.25) is 0 Å². The van der Waals surface area contributed by atoms with Crippen molar-refractivity contribution >= 4 is 11.5 Å². The van der Waals surface area contributed by atoms with E-state index in [0.717, 1.165) is 11.1 Å². The smallest absolute Gasteiger partial charge is 0.311 e. The molecule has 0 fully saturated rings. The minimum Gasteiger partial charge on any atom is -0.425 e. The van der Waals surface area contributed by atoms with E-state index in [-0.39, 0.29) is 17.3 Å². The van der Waals surface area contributed by atoms with Crippen LogP contribution in [0.15, 0.2) is 47.3 Å². The standard InChI is InChI=1S/C20H21FN4O2/c1-12-6-5-7-13(2)17(12)27-20-24-18(23-4)16(22-3)19(26)25(20)15-10-8-14(21)9-11-15/h5-11,22-23H,1-4H3. The van der Waals surface area contributed by atoms with Crippen molar-refractivity contribution in [2.75, 3.05) is 24.7 Å². The Hall–Kier alpha value is -3.35. The molecule has 1 heterocycles. The third-order valence-electron chi connectivity index (χ3n) is 4.23. The van der Waals surface area contributed by atoms with Crippen LogP contribution in [0.3, 0.4) is 0 Å². The maximum absolute atomic E-state index is 13.4. The highest BCUT2D eigenvalue weighted by molar-refractivity contribution is 5.64. The van der Waals surface area contributed by atoms with Crippen molar-refractivity contribution in [3.05, 3.63) is 69.8 Å². The maximum atomic E-state index is 13.4. The predicted molar refractivity (Wildman–Crippen MR) is 105 cm³/mol. The third-order valence-corrected chi connectivity index (χ3v) is 4.23. The summed E-state index contributed by atoms with van der Waals surface area (Å²) in [6.07, 6.45) is 0. The van der Waals surface area contributed by atoms with Crippen LogP contribution in [0.25, 0.3) is 5.69 Å². The number of hydrogen-bond acceptors (Lipinski definition) is 5. The van der Waals surface area contributed by atoms with Gasteiger partial charge in [-0.2, -0.15) is 4.98 Å². The fourth-order valence-electron chi connectivity index (χ4n) is 2.85. The Morgan fingerprint density at radius 2 is 1.63 bits per heavy atom. The number of halogens is 1. The van der Waals surface area contributed by atoms with Gasteiger partial charge in [-0.1, -0.05) is 18.2 Å². The zero-order valence-corrected chi connectivity index (χ0v) is 15.6. The van der Waals surface area contributed by atoms with Gasteiger partial charge in [-0.15, -0.1) is 0 Å². The van der Waals surface area contributed by atoms with Crippen LogP contribution in [-0.2, 0) is 0 Å². The van der Waals surface area contributed by atoms with E-state index in [1.807, 2.05) is 32.0 Å². The first-order valence-corrected chi connectivity index (χ1v) is 8.48. The molecular formula is C20H21FN4O2. The number of benzene rings is 2. The van der Waals surface area contributed by atoms with E-state index < -0.39 is 5.82 Å². The molecule has 0 spiro atoms. The fraction of sp³-hybridized carbons (Fsp3) is 0.200. The largest absolute Gasteiger partial charge is 0.425 e. The SMILES string of the molecule is CNc1nc(Oc2c(C)cccc2C)n(-c2ccc(F)cc2)c(=O)c1NC. The van der Waals surface area contributed by atoms with Crippen molar-refractivity contribution in [2.24, 2.45) is 0 Å². The topological polar surface area (TPSA) is 68.2 Å². The number of rotatable bonds is 5. The fourth-order valence-corrected chi connectivity index (χ4v) is 2.85. The van der Waals surface area contributed by atoms with Crippen LogP contribution in [0.4, 0.5) is 15.9 Å². The van der Waals surface area contributed by atoms with Crippen LogP contribution < -0.4 is 20.9 Å². The van der Waals surface area contributed by atoms with Gasteiger partial charge in [0.1, 0.15) is 17.3 Å². The summed E-state index contributed by atoms with van der Waals surface area (Å²) in [5, 5.41) is 5.77. The van der Waals surface area contributed by atoms with E-state index in [9.17, 15) is 9.18 Å². The Morgan fingerprint density at radius 3 is 2.19 bits per heavy atom. The van der Waals surface area contributed by atoms with Gasteiger partial charge >= 0.3 is 6.01 Å². The monoisotopic (exact) mass is 368 g/mol. The summed E-state index contributed by atoms with van der Waals surface area (Å²) in [6.45, 7) is 3.84. The average Bonchev–Trinajstić information content (AvgIpc) is 2.65. The van der Waals surface area contributed by atoms with Crippen molar-refractivity contribution < 1.29 is 9.13 Å². The maximum Gasteiger partial charge on any atom is 0.311 e. The van der Waals surface area contributed by atoms with Crippen molar-refractivity contribution in [3.63, 3.8) is 0 Å². The molecule has 0 bridgehead atoms. The second-order valence-corrected chi connectivity index (χ2v) is 6.06. The number of para-hydroxylation sites is 1. The first-order valence-electron chi connectivity index (χ1n) is 8.48. The second kappa shape index (κ2) is 7.49. The summed E-state index contributed by atoms with van der Waals surface area (Å²) in [5.41, 5.74) is 2.21. The molecule has 0 aliphatic rings. The molecule has 0 aliphatic heterocycles. The molecule has 3 rings (SSSR count). The van der Waals surface area contributed by atoms with Gasteiger partial charge in [0.2, 0.25) is 0 Å². The van der Waals surface area contributed by atoms with Crippen LogP contribution in [0.1, 0.15) is 11.1 Å². The Morgan fingerprint density at radius 1 is 1.00 bits per heavy atom. The van der Waals surface area contributed by atoms with Crippen LogP contribution >= 0.6 is 0 Å². The molecule has 3 aromatic rings. The zero-order chi connectivity index (χ0) is 19.6. The first kappa shape index (κ1) is 18.4. The van der Waals surface area contributed by atoms with Gasteiger partial charge in [0.15, 0.2) is 5.82 Å². The van der Waals surface area contributed by atoms with E-state index >= 15 is 0 Å². The molecule has 0 saturated heterocycles. The molecule has 0 aliphatic carbocycles. The molecule has 7 heteroatoms. The lowest BCUT2D eigenvalue weighted by atomic mass is 10.1. The third kappa shape index (κ3) is 3.48. The highest BCUT2D eigenvalue weighted by Crippen LogP contribution is 2.30. The molecule has 2 aromatic carbocycles. The molecule has 0 radical (unpaired) electrons. The molecule has 0 amide bonds. The lowest BCUT2D eigenvalue weighted by Gasteiger charge is -2.18. The minimum absolute atomic E-state index is 0.0901. The molecule has 140 valence electrons. The number of hydrogen-bond donors (Lipinski definition) is 2. The van der Waals surface area contributed by atoms with Gasteiger partial charge in [0.05, 0.1) is 5.69 Å². The summed E-state index contributed by atoms with van der Waals surface area (Å²) in [5.74, 6) is 0.597. The van der Waals surface area contributed by atoms with Crippen LogP contribution in [0, 0.1) is 19.7 Å². The molecule has 27 heavy (non-hydrogen) atoms. The number of ether oxygens (including phenoxy) is 1. The Balaban J connectivity index is 2.26. The highest BCUT2D eigenvalue weighted by atomic mass is 19.1. The van der Waals surface area contributed by atoms with Gasteiger partial charge in [0, 0.05) is 14.1 Å². The summed E-state index contributed by atoms with van der Waals surface area (Å²) in [7, 11) is 3.31. The van der Waals surface area contributed by atoms with E-state index in [4.69, 9.17) is 4.74 Å². The Bertz CT molecular complexity index is 1010. The van der Waals surface area contributed by atoms with Gasteiger partial charge in [-0.05, 0) is 49.2 Å². The van der Waals surface area contributed by atoms with Crippen LogP contribution in [-0.4, -0.2) is 23.6 Å². The number of nitrogens with one attached hydrogen (secondary N) is 2. The van der Waals surface area contributed by atoms with Crippen molar-refractivity contribution in [3.8, 4) is 17.4 Å². The number of nitrogens with zero attached hydrogens (tertiary/aromatic N) is 2. The van der Waals surface area contributed by atoms with Gasteiger partial charge in [-0.3, -0.25) is 4.79 Å². The van der Waals surface area contributed by atoms with Crippen LogP contribution in [0.5, 0.6) is 11.8 Å². The van der Waals surface area contributed by atoms with Gasteiger partial charge in [0.25, 0.3) is 5.56 Å². The number of aromatic nitrogens is 2. The Labute approximate surface area is 156 Å². The number of anilines is 2. The highest BCUT2D eigenvalue weighted by Gasteiger charge is 2.19. The lowest BCUT2D eigenvalue weighted by Crippen LogP contribution is -2.25. The van der Waals surface area contributed by atoms with Crippen molar-refractivity contribution in [1.82, 2.24) is 9.55 Å². The molecule has 1 aromatic heterocycles. The summed E-state index contributed by atoms with van der Waals surface area (Å²) in [6, 6.07) is 11.5. The van der Waals surface area contributed by atoms with E-state index in [1.54, 1.807) is 14.1 Å². The van der Waals surface area contributed by atoms with Gasteiger partial charge < -0.3 is 15.4 Å². The van der Waals surface area contributed by atoms with E-state index in [0.29, 0.717) is 17.3 Å². The zero-order valence-electron chi connectivity index (χ0n) is 15.6. The summed E-state index contributed by atoms with van der Waals surface area (Å²) >= 11 is 0. The molecule has 0 unspecified atom stereocenters. The number of aryl methyl sites for hydroxylation is 2. The minimum atomic E-state index is -0.391. The molecule has 2 N–H and O–H groups in total. The lowest BCUT2D eigenvalue weighted by molar-refractivity contribution is 0.420. The summed E-state index contributed by atoms with van der Waals surface area (Å²) in [4.78, 5) is 17.6. The summed E-state index contributed by atoms with van der Waals surface area (Å²) < 4.78 is 20.8. The second-order valence-electron chi connectivity index (χ2n) is 6.06. The average molecular weight is 368 g/mol. The van der Waals surface area contributed by atoms with Gasteiger partial charge in [-0.25, -0.2) is 8.96 Å². The molecule has 0 atom stereocenters. The quantitative estimate of drug-likeness (QED) is 0.716. The predicted octanol–water partition coefficient (Wildman–Crippen LogP) is 3.86. The molecule has 0 saturated carbocycles. The normalized spacial score (nSPS) is 10.6. The molecular weight excluding hydrogens is 347 g/mol. The van der Waals surface area contributed by atoms with Crippen molar-refractivity contribution in [1.29, 1.82) is 0 Å². The van der Waals surface area contributed by atoms with Crippen molar-refractivity contribution in [2.45, 2.75) is 13.8 Å². The first-order chi connectivity index (χ1) is 13.0. The van der Waals surface area contributed by atoms with E-state index in [1.165, 1.54) is 28.8 Å². The molecule has 6 nitrogen and oxygen atoms in total. The Kier molecular flexibility index (Phi) is 5.12. The van der Waals surface area contributed by atoms with E-state index in [2.05, 4.69) is 15.6 Å².